The van der Waals surface area contributed by atoms with Crippen LogP contribution in [0.1, 0.15) is 12.5 Å². The van der Waals surface area contributed by atoms with Gasteiger partial charge in [-0.2, -0.15) is 0 Å². The Balaban J connectivity index is 1.81. The van der Waals surface area contributed by atoms with Gasteiger partial charge in [0.1, 0.15) is 17.4 Å². The number of imide groups is 2. The largest absolute Gasteiger partial charge is 0.497 e. The van der Waals surface area contributed by atoms with Crippen molar-refractivity contribution in [3.8, 4) is 11.5 Å². The number of carbonyl (C=O) groups is 3. The summed E-state index contributed by atoms with van der Waals surface area (Å²) in [6.45, 7) is 2.45. The number of methoxy groups -OCH3 is 1. The molecule has 0 saturated carbocycles. The zero-order chi connectivity index (χ0) is 19.4. The zero-order valence-corrected chi connectivity index (χ0v) is 15.1. The second-order valence-electron chi connectivity index (χ2n) is 6.00. The fourth-order valence-electron chi connectivity index (χ4n) is 2.90. The molecule has 1 heterocycles. The average molecular weight is 368 g/mol. The minimum atomic E-state index is -0.984. The molecule has 1 fully saturated rings. The number of anilines is 1. The molecule has 1 aliphatic rings. The molecular weight excluding hydrogens is 348 g/mol. The maximum Gasteiger partial charge on any atom is 0.335 e. The van der Waals surface area contributed by atoms with Crippen molar-refractivity contribution in [2.75, 3.05) is 18.6 Å². The Bertz CT molecular complexity index is 846. The van der Waals surface area contributed by atoms with Crippen LogP contribution in [-0.4, -0.2) is 31.6 Å². The Morgan fingerprint density at radius 2 is 1.59 bits per heavy atom. The van der Waals surface area contributed by atoms with Gasteiger partial charge in [-0.1, -0.05) is 12.1 Å². The van der Waals surface area contributed by atoms with Gasteiger partial charge in [-0.3, -0.25) is 14.9 Å². The van der Waals surface area contributed by atoms with Gasteiger partial charge in [-0.25, -0.2) is 9.69 Å². The van der Waals surface area contributed by atoms with Crippen molar-refractivity contribution in [1.29, 1.82) is 0 Å². The lowest BCUT2D eigenvalue weighted by molar-refractivity contribution is -0.134. The van der Waals surface area contributed by atoms with Gasteiger partial charge < -0.3 is 9.47 Å². The van der Waals surface area contributed by atoms with Crippen LogP contribution in [0.15, 0.2) is 48.5 Å². The van der Waals surface area contributed by atoms with Gasteiger partial charge in [-0.05, 0) is 55.3 Å². The van der Waals surface area contributed by atoms with E-state index in [1.165, 1.54) is 7.11 Å². The van der Waals surface area contributed by atoms with Crippen LogP contribution in [0.2, 0.25) is 0 Å². The first kappa shape index (κ1) is 18.4. The van der Waals surface area contributed by atoms with Crippen molar-refractivity contribution in [1.82, 2.24) is 5.32 Å². The number of amides is 4. The van der Waals surface area contributed by atoms with Crippen LogP contribution in [0.4, 0.5) is 10.5 Å². The summed E-state index contributed by atoms with van der Waals surface area (Å²) >= 11 is 0. The Labute approximate surface area is 156 Å². The molecule has 4 amide bonds. The molecule has 0 spiro atoms. The van der Waals surface area contributed by atoms with Crippen molar-refractivity contribution in [3.05, 3.63) is 54.1 Å². The Kier molecular flexibility index (Phi) is 5.40. The molecule has 2 aromatic carbocycles. The van der Waals surface area contributed by atoms with Gasteiger partial charge in [0.15, 0.2) is 0 Å². The minimum Gasteiger partial charge on any atom is -0.497 e. The van der Waals surface area contributed by atoms with Gasteiger partial charge in [0.05, 0.1) is 19.4 Å². The summed E-state index contributed by atoms with van der Waals surface area (Å²) in [5, 5.41) is 2.26. The van der Waals surface area contributed by atoms with Crippen LogP contribution in [0, 0.1) is 5.92 Å². The van der Waals surface area contributed by atoms with E-state index in [-0.39, 0.29) is 6.42 Å². The van der Waals surface area contributed by atoms with E-state index < -0.39 is 23.8 Å². The fraction of sp³-hybridized carbons (Fsp3) is 0.250. The molecule has 0 aliphatic carbocycles. The van der Waals surface area contributed by atoms with E-state index >= 15 is 0 Å². The maximum absolute atomic E-state index is 12.9. The molecule has 2 aromatic rings. The van der Waals surface area contributed by atoms with Crippen molar-refractivity contribution >= 4 is 23.5 Å². The molecule has 7 heteroatoms. The van der Waals surface area contributed by atoms with Gasteiger partial charge in [-0.15, -0.1) is 0 Å². The van der Waals surface area contributed by atoms with Crippen molar-refractivity contribution in [2.24, 2.45) is 5.92 Å². The SMILES string of the molecule is CCOc1ccc(CC2C(=O)NC(=O)N(c3ccc(OC)cc3)C2=O)cc1. The monoisotopic (exact) mass is 368 g/mol. The maximum atomic E-state index is 12.9. The highest BCUT2D eigenvalue weighted by Crippen LogP contribution is 2.25. The first-order valence-corrected chi connectivity index (χ1v) is 8.58. The molecule has 1 aliphatic heterocycles. The summed E-state index contributed by atoms with van der Waals surface area (Å²) in [4.78, 5) is 38.3. The smallest absolute Gasteiger partial charge is 0.335 e. The van der Waals surface area contributed by atoms with Crippen LogP contribution in [-0.2, 0) is 16.0 Å². The highest BCUT2D eigenvalue weighted by atomic mass is 16.5. The molecular formula is C20H20N2O5. The van der Waals surface area contributed by atoms with Gasteiger partial charge in [0.25, 0.3) is 0 Å². The van der Waals surface area contributed by atoms with Gasteiger partial charge in [0, 0.05) is 0 Å². The molecule has 3 rings (SSSR count). The van der Waals surface area contributed by atoms with E-state index in [1.54, 1.807) is 48.5 Å². The quantitative estimate of drug-likeness (QED) is 0.792. The Morgan fingerprint density at radius 1 is 0.963 bits per heavy atom. The van der Waals surface area contributed by atoms with Crippen LogP contribution < -0.4 is 19.7 Å². The van der Waals surface area contributed by atoms with Crippen molar-refractivity contribution in [2.45, 2.75) is 13.3 Å². The number of hydrogen-bond donors (Lipinski definition) is 1. The average Bonchev–Trinajstić information content (AvgIpc) is 2.67. The van der Waals surface area contributed by atoms with Crippen LogP contribution in [0.5, 0.6) is 11.5 Å². The highest BCUT2D eigenvalue weighted by Gasteiger charge is 2.41. The highest BCUT2D eigenvalue weighted by molar-refractivity contribution is 6.27. The third-order valence-electron chi connectivity index (χ3n) is 4.27. The third-order valence-corrected chi connectivity index (χ3v) is 4.27. The molecule has 27 heavy (non-hydrogen) atoms. The number of barbiturate groups is 1. The standard InChI is InChI=1S/C20H20N2O5/c1-3-27-16-8-4-13(5-9-16)12-17-18(23)21-20(25)22(19(17)24)14-6-10-15(26-2)11-7-14/h4-11,17H,3,12H2,1-2H3,(H,21,23,25). The summed E-state index contributed by atoms with van der Waals surface area (Å²) in [7, 11) is 1.53. The molecule has 140 valence electrons. The predicted octanol–water partition coefficient (Wildman–Crippen LogP) is 2.54. The molecule has 1 unspecified atom stereocenters. The number of carbonyl (C=O) groups excluding carboxylic acids is 3. The number of nitrogens with one attached hydrogen (secondary N) is 1. The van der Waals surface area contributed by atoms with E-state index in [0.717, 1.165) is 16.2 Å². The number of rotatable bonds is 6. The summed E-state index contributed by atoms with van der Waals surface area (Å²) in [6.07, 6.45) is 0.191. The van der Waals surface area contributed by atoms with E-state index in [4.69, 9.17) is 9.47 Å². The summed E-state index contributed by atoms with van der Waals surface area (Å²) in [5.74, 6) is -0.810. The van der Waals surface area contributed by atoms with Crippen LogP contribution in [0.3, 0.4) is 0 Å². The van der Waals surface area contributed by atoms with Crippen molar-refractivity contribution in [3.63, 3.8) is 0 Å². The van der Waals surface area contributed by atoms with Gasteiger partial charge in [0.2, 0.25) is 11.8 Å². The molecule has 1 atom stereocenters. The first-order chi connectivity index (χ1) is 13.0. The Morgan fingerprint density at radius 3 is 2.19 bits per heavy atom. The molecule has 0 radical (unpaired) electrons. The second-order valence-corrected chi connectivity index (χ2v) is 6.00. The minimum absolute atomic E-state index is 0.191. The predicted molar refractivity (Wildman–Crippen MR) is 98.8 cm³/mol. The summed E-state index contributed by atoms with van der Waals surface area (Å²) < 4.78 is 10.5. The number of nitrogens with zero attached hydrogens (tertiary/aromatic N) is 1. The number of urea groups is 1. The third kappa shape index (κ3) is 3.92. The van der Waals surface area contributed by atoms with Crippen LogP contribution in [0.25, 0.3) is 0 Å². The Hall–Kier alpha value is -3.35. The van der Waals surface area contributed by atoms with Crippen LogP contribution >= 0.6 is 0 Å². The number of hydrogen-bond acceptors (Lipinski definition) is 5. The molecule has 1 saturated heterocycles. The number of ether oxygens (including phenoxy) is 2. The molecule has 7 nitrogen and oxygen atoms in total. The lowest BCUT2D eigenvalue weighted by Gasteiger charge is -2.30. The topological polar surface area (TPSA) is 84.9 Å². The zero-order valence-electron chi connectivity index (χ0n) is 15.1. The second kappa shape index (κ2) is 7.90. The van der Waals surface area contributed by atoms with E-state index in [9.17, 15) is 14.4 Å². The molecule has 0 aromatic heterocycles. The fourth-order valence-corrected chi connectivity index (χ4v) is 2.90. The molecule has 0 bridgehead atoms. The lowest BCUT2D eigenvalue weighted by Crippen LogP contribution is -2.58. The normalized spacial score (nSPS) is 16.9. The summed E-state index contributed by atoms with van der Waals surface area (Å²) in [6, 6.07) is 12.9. The van der Waals surface area contributed by atoms with E-state index in [0.29, 0.717) is 18.0 Å². The van der Waals surface area contributed by atoms with E-state index in [1.807, 2.05) is 6.92 Å². The number of benzene rings is 2. The lowest BCUT2D eigenvalue weighted by atomic mass is 9.95. The molecule has 1 N–H and O–H groups in total. The van der Waals surface area contributed by atoms with Gasteiger partial charge >= 0.3 is 6.03 Å². The van der Waals surface area contributed by atoms with E-state index in [2.05, 4.69) is 5.32 Å². The van der Waals surface area contributed by atoms with Crippen molar-refractivity contribution < 1.29 is 23.9 Å². The summed E-state index contributed by atoms with van der Waals surface area (Å²) in [5.41, 5.74) is 1.18. The first-order valence-electron chi connectivity index (χ1n) is 8.58.